The molecule has 0 N–H and O–H groups in total. The Hall–Kier alpha value is -2.07. The summed E-state index contributed by atoms with van der Waals surface area (Å²) in [4.78, 5) is 13.9. The number of hydrogen-bond acceptors (Lipinski definition) is 4. The highest BCUT2D eigenvalue weighted by Crippen LogP contribution is 2.33. The fraction of sp³-hybridized carbons (Fsp3) is 0.0714. The van der Waals surface area contributed by atoms with Crippen LogP contribution in [0.25, 0.3) is 21.1 Å². The van der Waals surface area contributed by atoms with Crippen LogP contribution in [-0.2, 0) is 0 Å². The van der Waals surface area contributed by atoms with E-state index >= 15 is 0 Å². The zero-order valence-corrected chi connectivity index (χ0v) is 10.7. The van der Waals surface area contributed by atoms with Gasteiger partial charge in [0.05, 0.1) is 16.3 Å². The molecule has 0 spiro atoms. The van der Waals surface area contributed by atoms with Crippen LogP contribution in [0.15, 0.2) is 48.9 Å². The van der Waals surface area contributed by atoms with Crippen LogP contribution in [0, 0.1) is 6.92 Å². The average Bonchev–Trinajstić information content (AvgIpc) is 2.83. The van der Waals surface area contributed by atoms with E-state index < -0.39 is 0 Å². The van der Waals surface area contributed by atoms with Gasteiger partial charge in [-0.25, -0.2) is 15.0 Å². The minimum absolute atomic E-state index is 0.933. The molecule has 0 radical (unpaired) electrons. The van der Waals surface area contributed by atoms with Crippen LogP contribution in [0.4, 0.5) is 0 Å². The van der Waals surface area contributed by atoms with Crippen molar-refractivity contribution in [2.45, 2.75) is 6.92 Å². The second-order valence-electron chi connectivity index (χ2n) is 3.89. The van der Waals surface area contributed by atoms with Crippen molar-refractivity contribution in [3.05, 3.63) is 54.6 Å². The van der Waals surface area contributed by atoms with E-state index in [1.165, 1.54) is 0 Å². The zero-order chi connectivity index (χ0) is 12.4. The molecule has 2 aromatic heterocycles. The van der Waals surface area contributed by atoms with Crippen molar-refractivity contribution in [2.75, 3.05) is 0 Å². The molecule has 0 unspecified atom stereocenters. The Morgan fingerprint density at radius 1 is 1.06 bits per heavy atom. The normalized spacial score (nSPS) is 10.5. The molecule has 0 amide bonds. The molecule has 0 aliphatic carbocycles. The molecular formula is C14H11N3S. The Morgan fingerprint density at radius 3 is 2.61 bits per heavy atom. The summed E-state index contributed by atoms with van der Waals surface area (Å²) in [7, 11) is 0. The Morgan fingerprint density at radius 2 is 1.89 bits per heavy atom. The van der Waals surface area contributed by atoms with Crippen LogP contribution in [0.3, 0.4) is 0 Å². The van der Waals surface area contributed by atoms with Crippen molar-refractivity contribution < 1.29 is 0 Å². The van der Waals surface area contributed by atoms with Gasteiger partial charge in [-0.2, -0.15) is 0 Å². The van der Waals surface area contributed by atoms with Crippen molar-refractivity contribution >= 4 is 11.3 Å². The third-order valence-corrected chi connectivity index (χ3v) is 3.86. The second kappa shape index (κ2) is 4.66. The first kappa shape index (κ1) is 11.0. The van der Waals surface area contributed by atoms with Gasteiger partial charge in [-0.15, -0.1) is 11.3 Å². The maximum Gasteiger partial charge on any atom is 0.124 e. The molecule has 4 heteroatoms. The maximum absolute atomic E-state index is 4.62. The van der Waals surface area contributed by atoms with Crippen LogP contribution in [0.1, 0.15) is 5.69 Å². The molecule has 0 fully saturated rings. The molecule has 0 saturated heterocycles. The van der Waals surface area contributed by atoms with E-state index in [-0.39, 0.29) is 0 Å². The summed E-state index contributed by atoms with van der Waals surface area (Å²) in [6.45, 7) is 2.01. The van der Waals surface area contributed by atoms with Gasteiger partial charge in [-0.1, -0.05) is 30.3 Å². The first-order valence-corrected chi connectivity index (χ1v) is 6.45. The molecule has 0 atom stereocenters. The third-order valence-electron chi connectivity index (χ3n) is 2.63. The Labute approximate surface area is 109 Å². The Kier molecular flexibility index (Phi) is 2.86. The number of nitrogens with zero attached hydrogens (tertiary/aromatic N) is 3. The number of rotatable bonds is 2. The summed E-state index contributed by atoms with van der Waals surface area (Å²) in [5.74, 6) is 0. The summed E-state index contributed by atoms with van der Waals surface area (Å²) in [5.41, 5.74) is 3.09. The van der Waals surface area contributed by atoms with Gasteiger partial charge < -0.3 is 0 Å². The molecule has 3 nitrogen and oxygen atoms in total. The molecule has 1 aromatic carbocycles. The first-order valence-electron chi connectivity index (χ1n) is 5.64. The van der Waals surface area contributed by atoms with Gasteiger partial charge in [0.25, 0.3) is 0 Å². The van der Waals surface area contributed by atoms with Crippen molar-refractivity contribution in [3.63, 3.8) is 0 Å². The smallest absolute Gasteiger partial charge is 0.124 e. The largest absolute Gasteiger partial charge is 0.245 e. The van der Waals surface area contributed by atoms with Gasteiger partial charge >= 0.3 is 0 Å². The molecular weight excluding hydrogens is 242 g/mol. The Balaban J connectivity index is 2.07. The summed E-state index contributed by atoms with van der Waals surface area (Å²) >= 11 is 1.66. The van der Waals surface area contributed by atoms with Crippen LogP contribution in [0.2, 0.25) is 0 Å². The molecule has 3 rings (SSSR count). The average molecular weight is 253 g/mol. The number of benzene rings is 1. The van der Waals surface area contributed by atoms with E-state index in [9.17, 15) is 0 Å². The maximum atomic E-state index is 4.62. The van der Waals surface area contributed by atoms with Gasteiger partial charge in [0.2, 0.25) is 0 Å². The summed E-state index contributed by atoms with van der Waals surface area (Å²) in [5, 5.41) is 1.03. The van der Waals surface area contributed by atoms with Gasteiger partial charge in [-0.3, -0.25) is 0 Å². The SMILES string of the molecule is Cc1nc(-c2ccccc2)sc1-c1ccncn1. The highest BCUT2D eigenvalue weighted by molar-refractivity contribution is 7.18. The molecule has 18 heavy (non-hydrogen) atoms. The molecule has 0 bridgehead atoms. The van der Waals surface area contributed by atoms with Crippen molar-refractivity contribution in [2.24, 2.45) is 0 Å². The highest BCUT2D eigenvalue weighted by Gasteiger charge is 2.11. The van der Waals surface area contributed by atoms with Crippen LogP contribution < -0.4 is 0 Å². The van der Waals surface area contributed by atoms with Crippen LogP contribution in [-0.4, -0.2) is 15.0 Å². The number of aromatic nitrogens is 3. The monoisotopic (exact) mass is 253 g/mol. The lowest BCUT2D eigenvalue weighted by Gasteiger charge is -1.95. The molecule has 0 saturated carbocycles. The first-order chi connectivity index (χ1) is 8.84. The summed E-state index contributed by atoms with van der Waals surface area (Å²) in [6, 6.07) is 12.1. The van der Waals surface area contributed by atoms with E-state index in [2.05, 4.69) is 27.1 Å². The van der Waals surface area contributed by atoms with Gasteiger partial charge in [0.1, 0.15) is 11.3 Å². The lowest BCUT2D eigenvalue weighted by atomic mass is 10.2. The van der Waals surface area contributed by atoms with Crippen molar-refractivity contribution in [1.82, 2.24) is 15.0 Å². The minimum atomic E-state index is 0.933. The summed E-state index contributed by atoms with van der Waals surface area (Å²) < 4.78 is 0. The zero-order valence-electron chi connectivity index (χ0n) is 9.87. The molecule has 0 aliphatic heterocycles. The molecule has 3 aromatic rings. The topological polar surface area (TPSA) is 38.7 Å². The predicted molar refractivity (Wildman–Crippen MR) is 73.3 cm³/mol. The van der Waals surface area contributed by atoms with E-state index in [1.54, 1.807) is 23.9 Å². The highest BCUT2D eigenvalue weighted by atomic mass is 32.1. The minimum Gasteiger partial charge on any atom is -0.245 e. The number of hydrogen-bond donors (Lipinski definition) is 0. The second-order valence-corrected chi connectivity index (χ2v) is 4.89. The van der Waals surface area contributed by atoms with Gasteiger partial charge in [0.15, 0.2) is 0 Å². The van der Waals surface area contributed by atoms with Crippen molar-refractivity contribution in [3.8, 4) is 21.1 Å². The number of aryl methyl sites for hydroxylation is 1. The van der Waals surface area contributed by atoms with Crippen LogP contribution >= 0.6 is 11.3 Å². The fourth-order valence-electron chi connectivity index (χ4n) is 1.76. The van der Waals surface area contributed by atoms with Crippen LogP contribution in [0.5, 0.6) is 0 Å². The molecule has 2 heterocycles. The fourth-order valence-corrected chi connectivity index (χ4v) is 2.81. The van der Waals surface area contributed by atoms with Gasteiger partial charge in [0, 0.05) is 11.8 Å². The third kappa shape index (κ3) is 2.02. The summed E-state index contributed by atoms with van der Waals surface area (Å²) in [6.07, 6.45) is 3.32. The van der Waals surface area contributed by atoms with Gasteiger partial charge in [-0.05, 0) is 13.0 Å². The molecule has 0 aliphatic rings. The Bertz CT molecular complexity index is 647. The number of thiazole rings is 1. The van der Waals surface area contributed by atoms with E-state index in [4.69, 9.17) is 0 Å². The van der Waals surface area contributed by atoms with E-state index in [0.29, 0.717) is 0 Å². The predicted octanol–water partition coefficient (Wildman–Crippen LogP) is 3.58. The van der Waals surface area contributed by atoms with E-state index in [1.807, 2.05) is 31.2 Å². The van der Waals surface area contributed by atoms with E-state index in [0.717, 1.165) is 26.8 Å². The lowest BCUT2D eigenvalue weighted by molar-refractivity contribution is 1.17. The lowest BCUT2D eigenvalue weighted by Crippen LogP contribution is -1.83. The standard InChI is InChI=1S/C14H11N3S/c1-10-13(12-7-8-15-9-16-12)18-14(17-10)11-5-3-2-4-6-11/h2-9H,1H3. The molecule has 88 valence electrons. The quantitative estimate of drug-likeness (QED) is 0.700. The van der Waals surface area contributed by atoms with Crippen molar-refractivity contribution in [1.29, 1.82) is 0 Å².